The fourth-order valence-electron chi connectivity index (χ4n) is 3.33. The molecule has 0 unspecified atom stereocenters. The molecule has 1 amide bonds. The maximum absolute atomic E-state index is 12.9. The number of aromatic nitrogens is 4. The first-order valence-corrected chi connectivity index (χ1v) is 10.9. The van der Waals surface area contributed by atoms with Crippen molar-refractivity contribution in [2.24, 2.45) is 0 Å². The largest absolute Gasteiger partial charge is 0.416 e. The Morgan fingerprint density at radius 2 is 1.91 bits per heavy atom. The Balaban J connectivity index is 1.48. The summed E-state index contributed by atoms with van der Waals surface area (Å²) in [7, 11) is 0. The highest BCUT2D eigenvalue weighted by Crippen LogP contribution is 2.29. The quantitative estimate of drug-likeness (QED) is 0.361. The van der Waals surface area contributed by atoms with Crippen LogP contribution < -0.4 is 10.9 Å². The molecule has 0 saturated carbocycles. The fraction of sp³-hybridized carbons (Fsp3) is 0.182. The number of benzene rings is 2. The summed E-state index contributed by atoms with van der Waals surface area (Å²) in [6.07, 6.45) is -1.80. The fourth-order valence-corrected chi connectivity index (χ4v) is 3.96. The molecule has 2 heterocycles. The molecular weight excluding hydrogens is 550 g/mol. The van der Waals surface area contributed by atoms with E-state index in [9.17, 15) is 22.8 Å². The SMILES string of the molecule is O=C(NCCn1ncc2c(=O)n(Cc3cccc(C(F)(F)F)c3)cnc21)c1ccccc1I. The highest BCUT2D eigenvalue weighted by Gasteiger charge is 2.30. The number of rotatable bonds is 6. The summed E-state index contributed by atoms with van der Waals surface area (Å²) in [5.74, 6) is -0.215. The molecule has 1 N–H and O–H groups in total. The zero-order valence-corrected chi connectivity index (χ0v) is 19.2. The van der Waals surface area contributed by atoms with Gasteiger partial charge in [0.15, 0.2) is 5.65 Å². The zero-order chi connectivity index (χ0) is 23.6. The minimum Gasteiger partial charge on any atom is -0.350 e. The lowest BCUT2D eigenvalue weighted by Gasteiger charge is -2.10. The van der Waals surface area contributed by atoms with Crippen LogP contribution in [0.5, 0.6) is 0 Å². The molecule has 0 radical (unpaired) electrons. The van der Waals surface area contributed by atoms with Crippen molar-refractivity contribution < 1.29 is 18.0 Å². The summed E-state index contributed by atoms with van der Waals surface area (Å²) in [6, 6.07) is 12.0. The molecular formula is C22H17F3IN5O2. The van der Waals surface area contributed by atoms with Crippen molar-refractivity contribution in [2.75, 3.05) is 6.54 Å². The van der Waals surface area contributed by atoms with Crippen LogP contribution >= 0.6 is 22.6 Å². The highest BCUT2D eigenvalue weighted by atomic mass is 127. The standard InChI is InChI=1S/C22H17F3IN5O2/c23-22(24,25)15-5-3-4-14(10-15)12-30-13-28-19-17(21(30)33)11-29-31(19)9-8-27-20(32)16-6-1-2-7-18(16)26/h1-7,10-11,13H,8-9,12H2,(H,27,32). The van der Waals surface area contributed by atoms with E-state index in [1.54, 1.807) is 12.1 Å². The summed E-state index contributed by atoms with van der Waals surface area (Å²) in [5.41, 5.74) is 0.0512. The van der Waals surface area contributed by atoms with E-state index in [0.717, 1.165) is 15.7 Å². The molecule has 4 aromatic rings. The molecule has 0 aliphatic rings. The molecule has 2 aromatic heterocycles. The summed E-state index contributed by atoms with van der Waals surface area (Å²) in [4.78, 5) is 29.4. The van der Waals surface area contributed by atoms with Gasteiger partial charge in [-0.3, -0.25) is 14.2 Å². The topological polar surface area (TPSA) is 81.8 Å². The summed E-state index contributed by atoms with van der Waals surface area (Å²) < 4.78 is 42.4. The highest BCUT2D eigenvalue weighted by molar-refractivity contribution is 14.1. The van der Waals surface area contributed by atoms with Gasteiger partial charge in [-0.2, -0.15) is 18.3 Å². The van der Waals surface area contributed by atoms with E-state index < -0.39 is 17.3 Å². The summed E-state index contributed by atoms with van der Waals surface area (Å²) in [5, 5.41) is 7.23. The monoisotopic (exact) mass is 567 g/mol. The smallest absolute Gasteiger partial charge is 0.350 e. The van der Waals surface area contributed by atoms with E-state index in [0.29, 0.717) is 23.3 Å². The van der Waals surface area contributed by atoms with Crippen LogP contribution in [0.1, 0.15) is 21.5 Å². The molecule has 170 valence electrons. The van der Waals surface area contributed by atoms with E-state index in [1.165, 1.54) is 33.9 Å². The molecule has 0 aliphatic carbocycles. The number of fused-ring (bicyclic) bond motifs is 1. The Kier molecular flexibility index (Phi) is 6.49. The molecule has 11 heteroatoms. The van der Waals surface area contributed by atoms with Crippen molar-refractivity contribution in [1.82, 2.24) is 24.6 Å². The van der Waals surface area contributed by atoms with Crippen LogP contribution in [-0.2, 0) is 19.3 Å². The third-order valence-electron chi connectivity index (χ3n) is 4.96. The van der Waals surface area contributed by atoms with Gasteiger partial charge in [-0.25, -0.2) is 9.67 Å². The number of carbonyl (C=O) groups excluding carboxylic acids is 1. The Hall–Kier alpha value is -3.22. The predicted octanol–water partition coefficient (Wildman–Crippen LogP) is 3.69. The number of hydrogen-bond acceptors (Lipinski definition) is 4. The number of alkyl halides is 3. The van der Waals surface area contributed by atoms with Crippen molar-refractivity contribution >= 4 is 39.5 Å². The van der Waals surface area contributed by atoms with Crippen LogP contribution in [0.25, 0.3) is 11.0 Å². The molecule has 0 atom stereocenters. The van der Waals surface area contributed by atoms with E-state index in [-0.39, 0.29) is 24.4 Å². The second-order valence-electron chi connectivity index (χ2n) is 7.22. The first-order chi connectivity index (χ1) is 15.7. The van der Waals surface area contributed by atoms with Crippen LogP contribution in [0.4, 0.5) is 13.2 Å². The van der Waals surface area contributed by atoms with E-state index in [2.05, 4.69) is 38.0 Å². The van der Waals surface area contributed by atoms with Crippen molar-refractivity contribution in [3.05, 3.63) is 91.7 Å². The molecule has 0 bridgehead atoms. The van der Waals surface area contributed by atoms with Gasteiger partial charge < -0.3 is 5.32 Å². The van der Waals surface area contributed by atoms with Crippen molar-refractivity contribution in [2.45, 2.75) is 19.3 Å². The van der Waals surface area contributed by atoms with Crippen LogP contribution in [0, 0.1) is 3.57 Å². The van der Waals surface area contributed by atoms with Crippen LogP contribution in [0.15, 0.2) is 65.8 Å². The molecule has 0 aliphatic heterocycles. The normalized spacial score (nSPS) is 11.6. The second-order valence-corrected chi connectivity index (χ2v) is 8.38. The number of nitrogens with one attached hydrogen (secondary N) is 1. The average molecular weight is 567 g/mol. The van der Waals surface area contributed by atoms with Crippen LogP contribution in [0.2, 0.25) is 0 Å². The third kappa shape index (κ3) is 5.07. The maximum atomic E-state index is 12.9. The minimum absolute atomic E-state index is 0.0529. The Morgan fingerprint density at radius 1 is 1.12 bits per heavy atom. The number of hydrogen-bond donors (Lipinski definition) is 1. The molecule has 0 saturated heterocycles. The van der Waals surface area contributed by atoms with Crippen LogP contribution in [-0.4, -0.2) is 31.8 Å². The molecule has 2 aromatic carbocycles. The molecule has 33 heavy (non-hydrogen) atoms. The maximum Gasteiger partial charge on any atom is 0.416 e. The third-order valence-corrected chi connectivity index (χ3v) is 5.90. The van der Waals surface area contributed by atoms with Gasteiger partial charge >= 0.3 is 6.18 Å². The Bertz CT molecular complexity index is 1380. The van der Waals surface area contributed by atoms with Gasteiger partial charge in [0.25, 0.3) is 11.5 Å². The molecule has 4 rings (SSSR count). The molecule has 0 fully saturated rings. The molecule has 7 nitrogen and oxygen atoms in total. The summed E-state index contributed by atoms with van der Waals surface area (Å²) in [6.45, 7) is 0.515. The van der Waals surface area contributed by atoms with Gasteiger partial charge in [-0.1, -0.05) is 24.3 Å². The lowest BCUT2D eigenvalue weighted by atomic mass is 10.1. The van der Waals surface area contributed by atoms with Gasteiger partial charge in [0.05, 0.1) is 30.4 Å². The van der Waals surface area contributed by atoms with Crippen LogP contribution in [0.3, 0.4) is 0 Å². The lowest BCUT2D eigenvalue weighted by Crippen LogP contribution is -2.28. The molecule has 0 spiro atoms. The van der Waals surface area contributed by atoms with Crippen molar-refractivity contribution in [3.8, 4) is 0 Å². The number of nitrogens with zero attached hydrogens (tertiary/aromatic N) is 4. The van der Waals surface area contributed by atoms with Gasteiger partial charge in [0.1, 0.15) is 11.7 Å². The lowest BCUT2D eigenvalue weighted by molar-refractivity contribution is -0.137. The second kappa shape index (κ2) is 9.33. The minimum atomic E-state index is -4.46. The number of carbonyl (C=O) groups is 1. The van der Waals surface area contributed by atoms with Gasteiger partial charge in [0.2, 0.25) is 0 Å². The summed E-state index contributed by atoms with van der Waals surface area (Å²) >= 11 is 2.09. The van der Waals surface area contributed by atoms with Gasteiger partial charge in [-0.05, 0) is 52.4 Å². The van der Waals surface area contributed by atoms with Gasteiger partial charge in [0, 0.05) is 10.1 Å². The number of amides is 1. The first kappa shape index (κ1) is 23.0. The van der Waals surface area contributed by atoms with E-state index in [1.807, 2.05) is 12.1 Å². The average Bonchev–Trinajstić information content (AvgIpc) is 3.19. The van der Waals surface area contributed by atoms with E-state index in [4.69, 9.17) is 0 Å². The predicted molar refractivity (Wildman–Crippen MR) is 124 cm³/mol. The zero-order valence-electron chi connectivity index (χ0n) is 17.0. The Morgan fingerprint density at radius 3 is 2.67 bits per heavy atom. The van der Waals surface area contributed by atoms with Gasteiger partial charge in [-0.15, -0.1) is 0 Å². The first-order valence-electron chi connectivity index (χ1n) is 9.84. The van der Waals surface area contributed by atoms with E-state index >= 15 is 0 Å². The Labute approximate surface area is 199 Å². The number of halogens is 4. The van der Waals surface area contributed by atoms with Crippen molar-refractivity contribution in [1.29, 1.82) is 0 Å². The van der Waals surface area contributed by atoms with Crippen molar-refractivity contribution in [3.63, 3.8) is 0 Å².